The maximum atomic E-state index is 12.7. The van der Waals surface area contributed by atoms with Crippen molar-refractivity contribution in [2.75, 3.05) is 0 Å². The number of β-lactam (4-membered cyclic amide) rings is 1. The van der Waals surface area contributed by atoms with Crippen LogP contribution in [-0.2, 0) is 4.79 Å². The summed E-state index contributed by atoms with van der Waals surface area (Å²) in [4.78, 5) is 35.1. The molecule has 0 bridgehead atoms. The molecule has 1 fully saturated rings. The van der Waals surface area contributed by atoms with Gasteiger partial charge in [-0.3, -0.25) is 25.0 Å². The Kier molecular flexibility index (Phi) is 4.41. The van der Waals surface area contributed by atoms with Crippen molar-refractivity contribution in [3.8, 4) is 0 Å². The van der Waals surface area contributed by atoms with Gasteiger partial charge in [0.2, 0.25) is 5.91 Å². The zero-order chi connectivity index (χ0) is 19.0. The summed E-state index contributed by atoms with van der Waals surface area (Å²) in [7, 11) is 0. The first-order chi connectivity index (χ1) is 12.3. The Hall–Kier alpha value is -3.29. The van der Waals surface area contributed by atoms with Gasteiger partial charge < -0.3 is 4.90 Å². The van der Waals surface area contributed by atoms with Gasteiger partial charge in [0, 0.05) is 30.3 Å². The first-order valence-corrected chi connectivity index (χ1v) is 8.12. The van der Waals surface area contributed by atoms with Crippen molar-refractivity contribution in [1.82, 2.24) is 4.90 Å². The van der Waals surface area contributed by atoms with Gasteiger partial charge in [-0.25, -0.2) is 0 Å². The number of hydrogen-bond acceptors (Lipinski definition) is 5. The minimum atomic E-state index is -0.486. The number of carbonyl (C=O) groups is 1. The number of nitrogens with zero attached hydrogens (tertiary/aromatic N) is 3. The largest absolute Gasteiger partial charge is 0.331 e. The van der Waals surface area contributed by atoms with E-state index >= 15 is 0 Å². The lowest BCUT2D eigenvalue weighted by atomic mass is 9.77. The fourth-order valence-electron chi connectivity index (χ4n) is 3.36. The fourth-order valence-corrected chi connectivity index (χ4v) is 3.36. The standard InChI is InChI=1S/C18H17N3O5/c1-11(2)19-17(13-5-9-15(10-6-13)21(25)26)16(18(19)22)12-3-7-14(8-4-12)20(23)24/h3-11,16-17H,1-2H3/t16-,17-/m0/s1. The molecule has 1 amide bonds. The van der Waals surface area contributed by atoms with Gasteiger partial charge >= 0.3 is 0 Å². The first kappa shape index (κ1) is 17.5. The van der Waals surface area contributed by atoms with Gasteiger partial charge in [0.05, 0.1) is 21.8 Å². The monoisotopic (exact) mass is 355 g/mol. The van der Waals surface area contributed by atoms with E-state index in [1.807, 2.05) is 13.8 Å². The van der Waals surface area contributed by atoms with Crippen molar-refractivity contribution in [2.45, 2.75) is 31.8 Å². The van der Waals surface area contributed by atoms with Gasteiger partial charge in [0.1, 0.15) is 0 Å². The topological polar surface area (TPSA) is 107 Å². The molecule has 1 aliphatic rings. The molecular weight excluding hydrogens is 338 g/mol. The van der Waals surface area contributed by atoms with Gasteiger partial charge in [0.15, 0.2) is 0 Å². The second-order valence-corrected chi connectivity index (χ2v) is 6.46. The summed E-state index contributed by atoms with van der Waals surface area (Å²) >= 11 is 0. The molecule has 8 nitrogen and oxygen atoms in total. The number of nitro groups is 2. The maximum Gasteiger partial charge on any atom is 0.269 e. The predicted molar refractivity (Wildman–Crippen MR) is 93.7 cm³/mol. The first-order valence-electron chi connectivity index (χ1n) is 8.12. The molecular formula is C18H17N3O5. The van der Waals surface area contributed by atoms with Crippen LogP contribution in [0.15, 0.2) is 48.5 Å². The highest BCUT2D eigenvalue weighted by atomic mass is 16.6. The predicted octanol–water partition coefficient (Wildman–Crippen LogP) is 3.58. The van der Waals surface area contributed by atoms with E-state index in [4.69, 9.17) is 0 Å². The lowest BCUT2D eigenvalue weighted by Crippen LogP contribution is -2.56. The SMILES string of the molecule is CC(C)N1C(=O)[C@@H](c2ccc([N+](=O)[O-])cc2)[C@@H]1c1ccc([N+](=O)[O-])cc1. The summed E-state index contributed by atoms with van der Waals surface area (Å²) < 4.78 is 0. The average Bonchev–Trinajstić information content (AvgIpc) is 2.59. The van der Waals surface area contributed by atoms with Crippen LogP contribution in [0.3, 0.4) is 0 Å². The smallest absolute Gasteiger partial charge is 0.269 e. The second kappa shape index (κ2) is 6.55. The van der Waals surface area contributed by atoms with Crippen LogP contribution in [0.4, 0.5) is 11.4 Å². The van der Waals surface area contributed by atoms with Crippen molar-refractivity contribution < 1.29 is 14.6 Å². The van der Waals surface area contributed by atoms with Crippen LogP contribution >= 0.6 is 0 Å². The summed E-state index contributed by atoms with van der Waals surface area (Å²) in [6, 6.07) is 11.8. The molecule has 8 heteroatoms. The Labute approximate surface area is 149 Å². The third-order valence-corrected chi connectivity index (χ3v) is 4.60. The molecule has 0 unspecified atom stereocenters. The van der Waals surface area contributed by atoms with E-state index in [1.165, 1.54) is 24.3 Å². The number of benzene rings is 2. The summed E-state index contributed by atoms with van der Waals surface area (Å²) in [5, 5.41) is 21.7. The summed E-state index contributed by atoms with van der Waals surface area (Å²) in [6.45, 7) is 3.81. The van der Waals surface area contributed by atoms with Crippen molar-refractivity contribution in [3.05, 3.63) is 79.9 Å². The molecule has 0 aliphatic carbocycles. The third-order valence-electron chi connectivity index (χ3n) is 4.60. The summed E-state index contributed by atoms with van der Waals surface area (Å²) in [5.41, 5.74) is 1.45. The van der Waals surface area contributed by atoms with Crippen LogP contribution in [-0.4, -0.2) is 26.7 Å². The van der Waals surface area contributed by atoms with Gasteiger partial charge in [-0.2, -0.15) is 0 Å². The van der Waals surface area contributed by atoms with E-state index in [2.05, 4.69) is 0 Å². The minimum absolute atomic E-state index is 0.0117. The molecule has 134 valence electrons. The highest BCUT2D eigenvalue weighted by molar-refractivity contribution is 5.92. The summed E-state index contributed by atoms with van der Waals surface area (Å²) in [5.74, 6) is -0.517. The Bertz CT molecular complexity index is 861. The Morgan fingerprint density at radius 3 is 1.65 bits per heavy atom. The van der Waals surface area contributed by atoms with E-state index < -0.39 is 15.8 Å². The average molecular weight is 355 g/mol. The van der Waals surface area contributed by atoms with Crippen molar-refractivity contribution >= 4 is 17.3 Å². The van der Waals surface area contributed by atoms with Crippen LogP contribution < -0.4 is 0 Å². The summed E-state index contributed by atoms with van der Waals surface area (Å²) in [6.07, 6.45) is 0. The number of hydrogen-bond donors (Lipinski definition) is 0. The van der Waals surface area contributed by atoms with Crippen molar-refractivity contribution in [2.24, 2.45) is 0 Å². The van der Waals surface area contributed by atoms with Gasteiger partial charge in [-0.15, -0.1) is 0 Å². The molecule has 2 atom stereocenters. The number of non-ortho nitro benzene ring substituents is 2. The van der Waals surface area contributed by atoms with Crippen LogP contribution in [0, 0.1) is 20.2 Å². The van der Waals surface area contributed by atoms with Crippen LogP contribution in [0.5, 0.6) is 0 Å². The number of amides is 1. The van der Waals surface area contributed by atoms with Gasteiger partial charge in [0.25, 0.3) is 11.4 Å². The molecule has 2 aromatic carbocycles. The highest BCUT2D eigenvalue weighted by Crippen LogP contribution is 2.48. The fraction of sp³-hybridized carbons (Fsp3) is 0.278. The second-order valence-electron chi connectivity index (χ2n) is 6.46. The third kappa shape index (κ3) is 2.90. The molecule has 3 rings (SSSR count). The molecule has 1 saturated heterocycles. The molecule has 0 N–H and O–H groups in total. The number of carbonyl (C=O) groups excluding carboxylic acids is 1. The highest BCUT2D eigenvalue weighted by Gasteiger charge is 2.49. The van der Waals surface area contributed by atoms with E-state index in [1.54, 1.807) is 29.2 Å². The molecule has 0 radical (unpaired) electrons. The molecule has 1 heterocycles. The maximum absolute atomic E-state index is 12.7. The van der Waals surface area contributed by atoms with E-state index in [9.17, 15) is 25.0 Å². The van der Waals surface area contributed by atoms with Crippen LogP contribution in [0.25, 0.3) is 0 Å². The van der Waals surface area contributed by atoms with Crippen molar-refractivity contribution in [1.29, 1.82) is 0 Å². The minimum Gasteiger partial charge on any atom is -0.331 e. The number of rotatable bonds is 5. The van der Waals surface area contributed by atoms with Gasteiger partial charge in [-0.05, 0) is 25.0 Å². The Morgan fingerprint density at radius 1 is 0.846 bits per heavy atom. The zero-order valence-electron chi connectivity index (χ0n) is 14.2. The quantitative estimate of drug-likeness (QED) is 0.463. The zero-order valence-corrected chi connectivity index (χ0v) is 14.2. The molecule has 0 aromatic heterocycles. The van der Waals surface area contributed by atoms with E-state index in [0.29, 0.717) is 5.56 Å². The van der Waals surface area contributed by atoms with Crippen LogP contribution in [0.2, 0.25) is 0 Å². The molecule has 1 aliphatic heterocycles. The van der Waals surface area contributed by atoms with Crippen molar-refractivity contribution in [3.63, 3.8) is 0 Å². The van der Waals surface area contributed by atoms with Gasteiger partial charge in [-0.1, -0.05) is 24.3 Å². The van der Waals surface area contributed by atoms with E-state index in [0.717, 1.165) is 5.56 Å². The molecule has 2 aromatic rings. The number of likely N-dealkylation sites (tertiary alicyclic amines) is 1. The normalized spacial score (nSPS) is 19.3. The number of nitro benzene ring substituents is 2. The Morgan fingerprint density at radius 2 is 1.27 bits per heavy atom. The van der Waals surface area contributed by atoms with E-state index in [-0.39, 0.29) is 29.4 Å². The molecule has 0 spiro atoms. The Balaban J connectivity index is 1.96. The lowest BCUT2D eigenvalue weighted by molar-refractivity contribution is -0.385. The molecule has 26 heavy (non-hydrogen) atoms. The van der Waals surface area contributed by atoms with Crippen LogP contribution in [0.1, 0.15) is 36.9 Å². The lowest BCUT2D eigenvalue weighted by Gasteiger charge is -2.50. The molecule has 0 saturated carbocycles.